The Morgan fingerprint density at radius 3 is 2.25 bits per heavy atom. The number of halogens is 1. The second-order valence-electron chi connectivity index (χ2n) is 23.0. The smallest absolute Gasteiger partial charge is 0.242 e. The Labute approximate surface area is 423 Å². The molecule has 6 heterocycles. The van der Waals surface area contributed by atoms with E-state index in [0.29, 0.717) is 57.0 Å². The number of benzene rings is 2. The number of thioether (sulfide) groups is 1. The highest BCUT2D eigenvalue weighted by molar-refractivity contribution is 8.00. The fraction of sp³-hybridized carbons (Fsp3) is 0.732. The van der Waals surface area contributed by atoms with Crippen LogP contribution in [0.3, 0.4) is 0 Å². The molecule has 5 saturated heterocycles. The quantitative estimate of drug-likeness (QED) is 0.182. The number of nitriles is 1. The van der Waals surface area contributed by atoms with Crippen molar-refractivity contribution in [1.82, 2.24) is 31.4 Å². The largest absolute Gasteiger partial charge is 0.490 e. The first-order chi connectivity index (χ1) is 33.6. The maximum atomic E-state index is 14.1. The summed E-state index contributed by atoms with van der Waals surface area (Å²) in [5.74, 6) is 4.27. The molecule has 0 radical (unpaired) electrons. The third-order valence-electron chi connectivity index (χ3n) is 18.6. The van der Waals surface area contributed by atoms with E-state index in [-0.39, 0.29) is 36.3 Å². The minimum absolute atomic E-state index is 0.0897. The lowest BCUT2D eigenvalue weighted by molar-refractivity contribution is -1.01. The number of fused-ring (bicyclic) bond motifs is 3. The standard InChI is InChI=1S/C56H82ClN9O2S/c1-36-38(3)69-56-52(36)53(59-37(2)54-62-61-39(4)65(54)56)44-17-15-43(16-18-44)42-13-11-40(12-14-42)33-41-27-29-64(30-28-41)51-26-25-50(63-66(51)31-9-7-5-6-8-10-32-66)55(67)60-46-20-23-47(24-21-46)68-48-22-19-45(35-58)49(57)34-48/h15-19,22,34,36-42,46-47,50-52,54,56,61-63H,5-14,20-21,23-33H2,1-4H3/p+1/t36?,37-,38?,39?,40?,42?,46?,47?,50?,51?,52?,54?,56?/m0/s1. The molecule has 11 nitrogen and oxygen atoms in total. The Morgan fingerprint density at radius 2 is 1.55 bits per heavy atom. The average Bonchev–Trinajstić information content (AvgIpc) is 3.89. The molecule has 8 unspecified atom stereocenters. The number of amides is 1. The van der Waals surface area contributed by atoms with Gasteiger partial charge in [-0.2, -0.15) is 10.7 Å². The average molecular weight is 982 g/mol. The van der Waals surface area contributed by atoms with Gasteiger partial charge >= 0.3 is 0 Å². The highest BCUT2D eigenvalue weighted by Crippen LogP contribution is 2.49. The molecule has 10 rings (SSSR count). The number of hydrogen-bond donors (Lipinski definition) is 4. The van der Waals surface area contributed by atoms with Crippen LogP contribution in [0, 0.1) is 35.0 Å². The van der Waals surface area contributed by atoms with Crippen LogP contribution in [0.25, 0.3) is 0 Å². The molecule has 6 aliphatic heterocycles. The van der Waals surface area contributed by atoms with Gasteiger partial charge in [-0.05, 0) is 164 Å². The summed E-state index contributed by atoms with van der Waals surface area (Å²) in [6, 6.07) is 17.4. The molecular weight excluding hydrogens is 898 g/mol. The molecule has 13 heteroatoms. The van der Waals surface area contributed by atoms with E-state index in [1.807, 2.05) is 6.07 Å². The molecule has 7 fully saturated rings. The third kappa shape index (κ3) is 11.0. The summed E-state index contributed by atoms with van der Waals surface area (Å²) in [6.07, 6.45) is 23.8. The van der Waals surface area contributed by atoms with E-state index in [9.17, 15) is 10.1 Å². The predicted molar refractivity (Wildman–Crippen MR) is 280 cm³/mol. The van der Waals surface area contributed by atoms with Crippen molar-refractivity contribution in [3.8, 4) is 11.8 Å². The van der Waals surface area contributed by atoms with Crippen molar-refractivity contribution in [2.45, 2.75) is 209 Å². The van der Waals surface area contributed by atoms with E-state index >= 15 is 0 Å². The zero-order valence-electron chi connectivity index (χ0n) is 42.2. The van der Waals surface area contributed by atoms with Crippen molar-refractivity contribution < 1.29 is 14.1 Å². The van der Waals surface area contributed by atoms with Crippen LogP contribution >= 0.6 is 23.4 Å². The van der Waals surface area contributed by atoms with E-state index < -0.39 is 0 Å². The lowest BCUT2D eigenvalue weighted by atomic mass is 9.74. The van der Waals surface area contributed by atoms with E-state index in [4.69, 9.17) is 21.3 Å². The molecule has 4 N–H and O–H groups in total. The Balaban J connectivity index is 0.701. The van der Waals surface area contributed by atoms with Gasteiger partial charge < -0.3 is 10.1 Å². The summed E-state index contributed by atoms with van der Waals surface area (Å²) in [4.78, 5) is 25.1. The zero-order valence-corrected chi connectivity index (χ0v) is 43.8. The molecule has 2 aliphatic carbocycles. The molecule has 9 atom stereocenters. The maximum absolute atomic E-state index is 14.1. The number of piperidine rings is 1. The van der Waals surface area contributed by atoms with Crippen LogP contribution in [-0.2, 0) is 4.79 Å². The van der Waals surface area contributed by atoms with Crippen LogP contribution in [0.1, 0.15) is 172 Å². The summed E-state index contributed by atoms with van der Waals surface area (Å²) in [6.45, 7) is 14.1. The molecule has 8 aliphatic rings. The first-order valence-electron chi connectivity index (χ1n) is 27.7. The Kier molecular flexibility index (Phi) is 16.0. The molecule has 0 bridgehead atoms. The van der Waals surface area contributed by atoms with Gasteiger partial charge in [-0.3, -0.25) is 19.6 Å². The van der Waals surface area contributed by atoms with Gasteiger partial charge in [0.05, 0.1) is 53.5 Å². The normalized spacial score (nSPS) is 37.0. The second kappa shape index (κ2) is 22.2. The van der Waals surface area contributed by atoms with E-state index in [1.54, 1.807) is 12.1 Å². The zero-order chi connectivity index (χ0) is 47.6. The number of carbonyl (C=O) groups is 1. The second-order valence-corrected chi connectivity index (χ2v) is 24.9. The number of hydrazine groups is 1. The van der Waals surface area contributed by atoms with Crippen molar-refractivity contribution in [3.63, 3.8) is 0 Å². The highest BCUT2D eigenvalue weighted by Gasteiger charge is 2.53. The SMILES string of the molecule is CC1SC2C(C(c3ccc(C4CCC(CC5CCN(C6CCC(C(=O)NC7CCC(Oc8ccc(C#N)c(Cl)c8)CC7)N[N+]67CCCCCCCC7)CC5)CC4)cc3)=N[C@@H](C)C3NNC(C)N23)C1C. The van der Waals surface area contributed by atoms with Crippen LogP contribution < -0.4 is 26.3 Å². The summed E-state index contributed by atoms with van der Waals surface area (Å²) in [7, 11) is 0. The molecular formula is C56H83ClN9O2S+. The van der Waals surface area contributed by atoms with Crippen LogP contribution in [-0.4, -0.2) is 106 Å². The van der Waals surface area contributed by atoms with Gasteiger partial charge in [0.2, 0.25) is 5.91 Å². The molecule has 0 aromatic heterocycles. The minimum atomic E-state index is -0.147. The van der Waals surface area contributed by atoms with Crippen molar-refractivity contribution in [1.29, 1.82) is 5.26 Å². The molecule has 69 heavy (non-hydrogen) atoms. The van der Waals surface area contributed by atoms with Gasteiger partial charge in [-0.15, -0.1) is 11.8 Å². The molecule has 2 aromatic rings. The third-order valence-corrected chi connectivity index (χ3v) is 20.6. The Morgan fingerprint density at radius 1 is 0.855 bits per heavy atom. The lowest BCUT2D eigenvalue weighted by Gasteiger charge is -2.53. The summed E-state index contributed by atoms with van der Waals surface area (Å²) in [5, 5.41) is 14.2. The van der Waals surface area contributed by atoms with Gasteiger partial charge in [-0.25, -0.2) is 15.4 Å². The van der Waals surface area contributed by atoms with Crippen molar-refractivity contribution in [3.05, 3.63) is 64.2 Å². The van der Waals surface area contributed by atoms with Crippen molar-refractivity contribution >= 4 is 35.0 Å². The number of nitrogens with zero attached hydrogens (tertiary/aromatic N) is 5. The molecule has 1 amide bonds. The summed E-state index contributed by atoms with van der Waals surface area (Å²) < 4.78 is 7.16. The fourth-order valence-electron chi connectivity index (χ4n) is 14.4. The van der Waals surface area contributed by atoms with Gasteiger partial charge in [0.15, 0.2) is 6.17 Å². The molecule has 2 saturated carbocycles. The van der Waals surface area contributed by atoms with E-state index in [0.717, 1.165) is 68.0 Å². The van der Waals surface area contributed by atoms with Crippen molar-refractivity contribution in [2.24, 2.45) is 28.7 Å². The van der Waals surface area contributed by atoms with Crippen LogP contribution in [0.5, 0.6) is 5.75 Å². The first kappa shape index (κ1) is 49.8. The lowest BCUT2D eigenvalue weighted by Crippen LogP contribution is -2.75. The Hall–Kier alpha value is -2.73. The maximum Gasteiger partial charge on any atom is 0.242 e. The summed E-state index contributed by atoms with van der Waals surface area (Å²) in [5.41, 5.74) is 15.8. The first-order valence-corrected chi connectivity index (χ1v) is 29.0. The van der Waals surface area contributed by atoms with Crippen molar-refractivity contribution in [2.75, 3.05) is 26.2 Å². The van der Waals surface area contributed by atoms with E-state index in [2.05, 4.69) is 101 Å². The number of hydrogen-bond acceptors (Lipinski definition) is 10. The number of ether oxygens (including phenoxy) is 1. The number of likely N-dealkylation sites (tertiary alicyclic amines) is 1. The van der Waals surface area contributed by atoms with Gasteiger partial charge in [-0.1, -0.05) is 62.6 Å². The summed E-state index contributed by atoms with van der Waals surface area (Å²) >= 11 is 8.42. The number of aliphatic imine (C=N–C) groups is 1. The number of nitrogens with one attached hydrogen (secondary N) is 4. The van der Waals surface area contributed by atoms with Crippen LogP contribution in [0.4, 0.5) is 0 Å². The topological polar surface area (TPSA) is 117 Å². The Bertz CT molecular complexity index is 2120. The van der Waals surface area contributed by atoms with Crippen LogP contribution in [0.15, 0.2) is 47.5 Å². The van der Waals surface area contributed by atoms with Gasteiger partial charge in [0.25, 0.3) is 0 Å². The fourth-order valence-corrected chi connectivity index (χ4v) is 16.5. The minimum Gasteiger partial charge on any atom is -0.490 e. The van der Waals surface area contributed by atoms with Crippen LogP contribution in [0.2, 0.25) is 5.02 Å². The molecule has 376 valence electrons. The predicted octanol–water partition coefficient (Wildman–Crippen LogP) is 10.2. The van der Waals surface area contributed by atoms with Gasteiger partial charge in [0.1, 0.15) is 17.9 Å². The highest BCUT2D eigenvalue weighted by atomic mass is 35.5. The molecule has 1 spiro atoms. The monoisotopic (exact) mass is 981 g/mol. The number of carbonyl (C=O) groups excluding carboxylic acids is 1. The number of rotatable bonds is 9. The van der Waals surface area contributed by atoms with E-state index in [1.165, 1.54) is 113 Å². The van der Waals surface area contributed by atoms with Gasteiger partial charge in [0, 0.05) is 48.5 Å². The molecule has 2 aromatic carbocycles. The number of quaternary nitrogens is 1.